The number of aryl methyl sites for hydroxylation is 1. The van der Waals surface area contributed by atoms with Crippen LogP contribution in [0.15, 0.2) is 67.3 Å². The number of nitrogens with zero attached hydrogens (tertiary/aromatic N) is 7. The van der Waals surface area contributed by atoms with Crippen molar-refractivity contribution in [3.8, 4) is 17.2 Å². The van der Waals surface area contributed by atoms with E-state index in [0.717, 1.165) is 79.7 Å². The van der Waals surface area contributed by atoms with Crippen LogP contribution < -0.4 is 10.2 Å². The molecule has 2 unspecified atom stereocenters. The molecule has 10 nitrogen and oxygen atoms in total. The SMILES string of the molecule is Cn1cc(-c2ccc(C(C(=O)NCc3ccccc3)C3CCC(Cc4ncc(C#N)c(N5CCCC(O)C5)n4)CC3)nc2)cn1. The molecular formula is C35H40N8O2. The summed E-state index contributed by atoms with van der Waals surface area (Å²) in [7, 11) is 1.89. The number of nitrogens with one attached hydrogen (secondary N) is 1. The first kappa shape index (κ1) is 30.4. The number of aromatic nitrogens is 5. The van der Waals surface area contributed by atoms with Crippen molar-refractivity contribution in [2.75, 3.05) is 18.0 Å². The number of carbonyl (C=O) groups is 1. The predicted octanol–water partition coefficient (Wildman–Crippen LogP) is 4.55. The highest BCUT2D eigenvalue weighted by Gasteiger charge is 2.34. The first-order valence-electron chi connectivity index (χ1n) is 15.9. The number of nitriles is 1. The molecule has 232 valence electrons. The largest absolute Gasteiger partial charge is 0.391 e. The number of pyridine rings is 1. The number of aliphatic hydroxyl groups excluding tert-OH is 1. The van der Waals surface area contributed by atoms with Gasteiger partial charge in [0.1, 0.15) is 23.3 Å². The minimum absolute atomic E-state index is 0.00715. The maximum absolute atomic E-state index is 13.8. The summed E-state index contributed by atoms with van der Waals surface area (Å²) in [6, 6.07) is 16.2. The van der Waals surface area contributed by atoms with E-state index in [-0.39, 0.29) is 17.7 Å². The number of anilines is 1. The average molecular weight is 605 g/mol. The standard InChI is InChI=1S/C35H40N8O2/c1-42-22-29(21-40-42)27-13-14-31(37-19-27)33(35(45)39-18-25-6-3-2-4-7-25)26-11-9-24(10-12-26)16-32-38-20-28(17-36)34(41-32)43-15-5-8-30(44)23-43/h2-4,6-7,13-14,19-22,24,26,30,33,44H,5,8-12,15-16,18,23H2,1H3,(H,39,45). The van der Waals surface area contributed by atoms with Gasteiger partial charge >= 0.3 is 0 Å². The summed E-state index contributed by atoms with van der Waals surface area (Å²) in [4.78, 5) is 30.0. The maximum Gasteiger partial charge on any atom is 0.229 e. The van der Waals surface area contributed by atoms with E-state index in [9.17, 15) is 15.2 Å². The molecule has 1 aliphatic carbocycles. The lowest BCUT2D eigenvalue weighted by Gasteiger charge is -2.33. The fourth-order valence-corrected chi connectivity index (χ4v) is 6.77. The van der Waals surface area contributed by atoms with Gasteiger partial charge in [0.25, 0.3) is 0 Å². The Morgan fingerprint density at radius 3 is 2.56 bits per heavy atom. The third kappa shape index (κ3) is 7.37. The van der Waals surface area contributed by atoms with Crippen LogP contribution in [0.4, 0.5) is 5.82 Å². The van der Waals surface area contributed by atoms with Crippen molar-refractivity contribution in [2.24, 2.45) is 18.9 Å². The van der Waals surface area contributed by atoms with Gasteiger partial charge < -0.3 is 15.3 Å². The molecule has 0 radical (unpaired) electrons. The number of rotatable bonds is 9. The molecule has 1 saturated heterocycles. The van der Waals surface area contributed by atoms with Crippen molar-refractivity contribution in [3.63, 3.8) is 0 Å². The van der Waals surface area contributed by atoms with E-state index in [0.29, 0.717) is 30.4 Å². The lowest BCUT2D eigenvalue weighted by atomic mass is 9.73. The van der Waals surface area contributed by atoms with Crippen molar-refractivity contribution in [2.45, 2.75) is 63.5 Å². The second-order valence-electron chi connectivity index (χ2n) is 12.4. The van der Waals surface area contributed by atoms with Gasteiger partial charge in [0.15, 0.2) is 0 Å². The minimum Gasteiger partial charge on any atom is -0.391 e. The van der Waals surface area contributed by atoms with E-state index in [2.05, 4.69) is 21.5 Å². The zero-order valence-corrected chi connectivity index (χ0v) is 25.7. The molecule has 4 heterocycles. The molecule has 0 spiro atoms. The van der Waals surface area contributed by atoms with Gasteiger partial charge in [-0.3, -0.25) is 14.5 Å². The first-order valence-corrected chi connectivity index (χ1v) is 15.9. The fraction of sp³-hybridized carbons (Fsp3) is 0.429. The average Bonchev–Trinajstić information content (AvgIpc) is 3.51. The molecule has 45 heavy (non-hydrogen) atoms. The van der Waals surface area contributed by atoms with Gasteiger partial charge in [0.05, 0.1) is 30.1 Å². The van der Waals surface area contributed by atoms with Crippen LogP contribution in [0.5, 0.6) is 0 Å². The van der Waals surface area contributed by atoms with Crippen molar-refractivity contribution < 1.29 is 9.90 Å². The summed E-state index contributed by atoms with van der Waals surface area (Å²) >= 11 is 0. The Morgan fingerprint density at radius 2 is 1.87 bits per heavy atom. The Kier molecular flexibility index (Phi) is 9.46. The molecule has 1 saturated carbocycles. The van der Waals surface area contributed by atoms with E-state index in [1.807, 2.05) is 73.0 Å². The van der Waals surface area contributed by atoms with Gasteiger partial charge in [-0.25, -0.2) is 9.97 Å². The number of benzene rings is 1. The molecular weight excluding hydrogens is 564 g/mol. The molecule has 2 aliphatic rings. The van der Waals surface area contributed by atoms with Crippen molar-refractivity contribution in [3.05, 3.63) is 89.9 Å². The van der Waals surface area contributed by atoms with Crippen LogP contribution >= 0.6 is 0 Å². The summed E-state index contributed by atoms with van der Waals surface area (Å²) in [6.07, 6.45) is 12.9. The van der Waals surface area contributed by atoms with E-state index >= 15 is 0 Å². The highest BCUT2D eigenvalue weighted by Crippen LogP contribution is 2.39. The lowest BCUT2D eigenvalue weighted by molar-refractivity contribution is -0.124. The molecule has 6 rings (SSSR count). The van der Waals surface area contributed by atoms with Crippen molar-refractivity contribution in [1.82, 2.24) is 30.0 Å². The second-order valence-corrected chi connectivity index (χ2v) is 12.4. The van der Waals surface area contributed by atoms with Gasteiger partial charge in [0.2, 0.25) is 5.91 Å². The van der Waals surface area contributed by atoms with E-state index in [4.69, 9.17) is 9.97 Å². The van der Waals surface area contributed by atoms with Crippen LogP contribution in [0.3, 0.4) is 0 Å². The van der Waals surface area contributed by atoms with Gasteiger partial charge in [0, 0.05) is 56.6 Å². The van der Waals surface area contributed by atoms with Gasteiger partial charge in [-0.15, -0.1) is 0 Å². The third-order valence-electron chi connectivity index (χ3n) is 9.20. The zero-order valence-electron chi connectivity index (χ0n) is 25.7. The van der Waals surface area contributed by atoms with E-state index in [1.54, 1.807) is 10.9 Å². The van der Waals surface area contributed by atoms with Crippen molar-refractivity contribution >= 4 is 11.7 Å². The molecule has 2 atom stereocenters. The Morgan fingerprint density at radius 1 is 1.04 bits per heavy atom. The number of amides is 1. The van der Waals surface area contributed by atoms with E-state index in [1.165, 1.54) is 0 Å². The van der Waals surface area contributed by atoms with Gasteiger partial charge in [-0.05, 0) is 62.0 Å². The quantitative estimate of drug-likeness (QED) is 0.284. The molecule has 2 N–H and O–H groups in total. The number of piperidine rings is 1. The summed E-state index contributed by atoms with van der Waals surface area (Å²) < 4.78 is 1.77. The maximum atomic E-state index is 13.8. The summed E-state index contributed by atoms with van der Waals surface area (Å²) in [5, 5.41) is 27.3. The van der Waals surface area contributed by atoms with E-state index < -0.39 is 6.10 Å². The Hall–Kier alpha value is -4.62. The lowest BCUT2D eigenvalue weighted by Crippen LogP contribution is -2.39. The number of hydrogen-bond donors (Lipinski definition) is 2. The number of aliphatic hydroxyl groups is 1. The molecule has 3 aromatic heterocycles. The number of carbonyl (C=O) groups excluding carboxylic acids is 1. The van der Waals surface area contributed by atoms with Crippen LogP contribution in [-0.2, 0) is 24.8 Å². The molecule has 0 bridgehead atoms. The highest BCUT2D eigenvalue weighted by atomic mass is 16.3. The molecule has 1 amide bonds. The first-order chi connectivity index (χ1) is 22.0. The molecule has 4 aromatic rings. The summed E-state index contributed by atoms with van der Waals surface area (Å²) in [6.45, 7) is 1.74. The van der Waals surface area contributed by atoms with Crippen LogP contribution in [0.1, 0.15) is 67.1 Å². The topological polar surface area (TPSA) is 133 Å². The molecule has 1 aromatic carbocycles. The van der Waals surface area contributed by atoms with Crippen LogP contribution in [0, 0.1) is 23.2 Å². The summed E-state index contributed by atoms with van der Waals surface area (Å²) in [5.41, 5.74) is 4.27. The number of β-amino-alcohol motifs (C(OH)–C–C–N with tert-alkyl or cyclic N) is 1. The van der Waals surface area contributed by atoms with Crippen LogP contribution in [-0.4, -0.2) is 54.9 Å². The highest BCUT2D eigenvalue weighted by molar-refractivity contribution is 5.83. The molecule has 1 aliphatic heterocycles. The third-order valence-corrected chi connectivity index (χ3v) is 9.20. The zero-order chi connectivity index (χ0) is 31.2. The van der Waals surface area contributed by atoms with Gasteiger partial charge in [-0.2, -0.15) is 10.4 Å². The smallest absolute Gasteiger partial charge is 0.229 e. The normalized spacial score (nSPS) is 20.7. The second kappa shape index (κ2) is 14.0. The van der Waals surface area contributed by atoms with Gasteiger partial charge in [-0.1, -0.05) is 36.4 Å². The molecule has 2 fully saturated rings. The molecule has 10 heteroatoms. The monoisotopic (exact) mass is 604 g/mol. The number of hydrogen-bond acceptors (Lipinski definition) is 8. The van der Waals surface area contributed by atoms with Crippen molar-refractivity contribution in [1.29, 1.82) is 5.26 Å². The Bertz CT molecular complexity index is 1620. The fourth-order valence-electron chi connectivity index (χ4n) is 6.77. The minimum atomic E-state index is -0.405. The van der Waals surface area contributed by atoms with Crippen LogP contribution in [0.2, 0.25) is 0 Å². The Labute approximate surface area is 264 Å². The van der Waals surface area contributed by atoms with Crippen LogP contribution in [0.25, 0.3) is 11.1 Å². The summed E-state index contributed by atoms with van der Waals surface area (Å²) in [5.74, 6) is 1.58. The predicted molar refractivity (Wildman–Crippen MR) is 171 cm³/mol. The Balaban J connectivity index is 1.15.